The van der Waals surface area contributed by atoms with Crippen LogP contribution in [0.2, 0.25) is 0 Å². The fourth-order valence-electron chi connectivity index (χ4n) is 2.03. The van der Waals surface area contributed by atoms with Crippen LogP contribution in [0.1, 0.15) is 38.5 Å². The van der Waals surface area contributed by atoms with E-state index in [1.165, 1.54) is 7.11 Å². The Morgan fingerprint density at radius 3 is 2.85 bits per heavy atom. The molecule has 1 saturated heterocycles. The second-order valence-electron chi connectivity index (χ2n) is 4.65. The molecule has 0 radical (unpaired) electrons. The molecule has 1 fully saturated rings. The number of carbonyl (C=O) groups is 3. The molecule has 0 aromatic rings. The van der Waals surface area contributed by atoms with Crippen LogP contribution in [0.15, 0.2) is 0 Å². The van der Waals surface area contributed by atoms with Gasteiger partial charge < -0.3 is 15.4 Å². The highest BCUT2D eigenvalue weighted by Crippen LogP contribution is 2.09. The van der Waals surface area contributed by atoms with Crippen molar-refractivity contribution >= 4 is 17.8 Å². The van der Waals surface area contributed by atoms with Crippen LogP contribution < -0.4 is 10.6 Å². The van der Waals surface area contributed by atoms with E-state index in [0.717, 1.165) is 0 Å². The Hall–Kier alpha value is -2.10. The highest BCUT2D eigenvalue weighted by molar-refractivity contribution is 5.93. The number of unbranched alkanes of at least 4 members (excludes halogenated alkanes) is 2. The van der Waals surface area contributed by atoms with E-state index >= 15 is 0 Å². The maximum Gasteiger partial charge on any atom is 0.328 e. The smallest absolute Gasteiger partial charge is 0.328 e. The van der Waals surface area contributed by atoms with Crippen LogP contribution in [0.5, 0.6) is 0 Å². The number of ether oxygens (including phenoxy) is 1. The Kier molecular flexibility index (Phi) is 6.50. The Labute approximate surface area is 117 Å². The molecule has 7 nitrogen and oxygen atoms in total. The van der Waals surface area contributed by atoms with Gasteiger partial charge in [0.1, 0.15) is 12.1 Å². The van der Waals surface area contributed by atoms with Crippen LogP contribution in [0, 0.1) is 11.3 Å². The summed E-state index contributed by atoms with van der Waals surface area (Å²) in [5.41, 5.74) is 0. The standard InChI is InChI=1S/C13H19N3O4/c1-20-13(19)10(5-3-2-4-8-14)16-12(18)9-6-7-11(17)15-9/h9-10H,2-7H2,1H3,(H,15,17)(H,16,18)/t9-,10-/m1/s1. The topological polar surface area (TPSA) is 108 Å². The fraction of sp³-hybridized carbons (Fsp3) is 0.692. The Morgan fingerprint density at radius 2 is 2.30 bits per heavy atom. The van der Waals surface area contributed by atoms with Gasteiger partial charge in [-0.1, -0.05) is 0 Å². The third-order valence-corrected chi connectivity index (χ3v) is 3.15. The maximum atomic E-state index is 11.9. The second kappa shape index (κ2) is 8.15. The van der Waals surface area contributed by atoms with Gasteiger partial charge in [0.15, 0.2) is 0 Å². The minimum absolute atomic E-state index is 0.159. The van der Waals surface area contributed by atoms with Gasteiger partial charge in [0.2, 0.25) is 11.8 Å². The van der Waals surface area contributed by atoms with Gasteiger partial charge in [-0.25, -0.2) is 4.79 Å². The lowest BCUT2D eigenvalue weighted by Crippen LogP contribution is -2.49. The molecule has 2 atom stereocenters. The van der Waals surface area contributed by atoms with E-state index in [-0.39, 0.29) is 11.8 Å². The zero-order valence-electron chi connectivity index (χ0n) is 11.5. The molecule has 0 spiro atoms. The molecule has 1 aliphatic heterocycles. The van der Waals surface area contributed by atoms with Crippen molar-refractivity contribution in [2.75, 3.05) is 7.11 Å². The molecular formula is C13H19N3O4. The molecule has 1 heterocycles. The van der Waals surface area contributed by atoms with E-state index in [2.05, 4.69) is 15.4 Å². The van der Waals surface area contributed by atoms with E-state index in [1.54, 1.807) is 0 Å². The molecule has 0 aromatic heterocycles. The van der Waals surface area contributed by atoms with Gasteiger partial charge >= 0.3 is 5.97 Å². The normalized spacial score (nSPS) is 18.8. The Bertz CT molecular complexity index is 416. The Balaban J connectivity index is 2.47. The molecule has 1 aliphatic rings. The number of amides is 2. The number of methoxy groups -OCH3 is 1. The highest BCUT2D eigenvalue weighted by atomic mass is 16.5. The number of hydrogen-bond donors (Lipinski definition) is 2. The van der Waals surface area contributed by atoms with Crippen molar-refractivity contribution in [3.63, 3.8) is 0 Å². The average molecular weight is 281 g/mol. The predicted molar refractivity (Wildman–Crippen MR) is 69.2 cm³/mol. The summed E-state index contributed by atoms with van der Waals surface area (Å²) in [5, 5.41) is 13.6. The number of nitrogens with one attached hydrogen (secondary N) is 2. The van der Waals surface area contributed by atoms with Gasteiger partial charge in [-0.05, 0) is 25.7 Å². The van der Waals surface area contributed by atoms with Crippen molar-refractivity contribution in [1.82, 2.24) is 10.6 Å². The summed E-state index contributed by atoms with van der Waals surface area (Å²) in [6, 6.07) is 0.716. The lowest BCUT2D eigenvalue weighted by molar-refractivity contribution is -0.145. The maximum absolute atomic E-state index is 11.9. The van der Waals surface area contributed by atoms with Gasteiger partial charge in [0.25, 0.3) is 0 Å². The second-order valence-corrected chi connectivity index (χ2v) is 4.65. The zero-order chi connectivity index (χ0) is 15.0. The molecule has 2 N–H and O–H groups in total. The van der Waals surface area contributed by atoms with Crippen molar-refractivity contribution in [3.8, 4) is 6.07 Å². The molecule has 0 aliphatic carbocycles. The molecule has 1 rings (SSSR count). The fourth-order valence-corrected chi connectivity index (χ4v) is 2.03. The summed E-state index contributed by atoms with van der Waals surface area (Å²) < 4.78 is 4.65. The van der Waals surface area contributed by atoms with Crippen LogP contribution >= 0.6 is 0 Å². The van der Waals surface area contributed by atoms with Gasteiger partial charge in [-0.2, -0.15) is 5.26 Å². The van der Waals surface area contributed by atoms with Crippen molar-refractivity contribution in [3.05, 3.63) is 0 Å². The average Bonchev–Trinajstić information content (AvgIpc) is 2.88. The van der Waals surface area contributed by atoms with Crippen LogP contribution in [0.25, 0.3) is 0 Å². The largest absolute Gasteiger partial charge is 0.467 e. The number of carbonyl (C=O) groups excluding carboxylic acids is 3. The molecule has 20 heavy (non-hydrogen) atoms. The van der Waals surface area contributed by atoms with E-state index in [4.69, 9.17) is 5.26 Å². The molecule has 2 amide bonds. The van der Waals surface area contributed by atoms with E-state index in [9.17, 15) is 14.4 Å². The van der Waals surface area contributed by atoms with Crippen LogP contribution in [0.3, 0.4) is 0 Å². The minimum Gasteiger partial charge on any atom is -0.467 e. The first kappa shape index (κ1) is 16.0. The quantitative estimate of drug-likeness (QED) is 0.504. The number of hydrogen-bond acceptors (Lipinski definition) is 5. The minimum atomic E-state index is -0.733. The number of nitrogens with zero attached hydrogens (tertiary/aromatic N) is 1. The Morgan fingerprint density at radius 1 is 1.55 bits per heavy atom. The number of nitriles is 1. The van der Waals surface area contributed by atoms with Crippen LogP contribution in [-0.4, -0.2) is 37.0 Å². The lowest BCUT2D eigenvalue weighted by atomic mass is 10.1. The van der Waals surface area contributed by atoms with Crippen molar-refractivity contribution < 1.29 is 19.1 Å². The van der Waals surface area contributed by atoms with E-state index < -0.39 is 18.1 Å². The van der Waals surface area contributed by atoms with Gasteiger partial charge in [-0.3, -0.25) is 9.59 Å². The molecule has 0 saturated carbocycles. The molecule has 0 aromatic carbocycles. The molecule has 0 unspecified atom stereocenters. The summed E-state index contributed by atoms with van der Waals surface area (Å²) in [7, 11) is 1.26. The first-order valence-electron chi connectivity index (χ1n) is 6.63. The molecule has 0 bridgehead atoms. The first-order chi connectivity index (χ1) is 9.58. The van der Waals surface area contributed by atoms with E-state index in [1.807, 2.05) is 6.07 Å². The number of rotatable bonds is 7. The lowest BCUT2D eigenvalue weighted by Gasteiger charge is -2.18. The summed E-state index contributed by atoms with van der Waals surface area (Å²) in [6.07, 6.45) is 2.90. The van der Waals surface area contributed by atoms with Gasteiger partial charge in [-0.15, -0.1) is 0 Å². The predicted octanol–water partition coefficient (Wildman–Crippen LogP) is 0.00678. The summed E-state index contributed by atoms with van der Waals surface area (Å²) in [4.78, 5) is 34.6. The summed E-state index contributed by atoms with van der Waals surface area (Å²) in [6.45, 7) is 0. The van der Waals surface area contributed by atoms with Gasteiger partial charge in [0, 0.05) is 12.8 Å². The summed E-state index contributed by atoms with van der Waals surface area (Å²) in [5.74, 6) is -1.04. The van der Waals surface area contributed by atoms with Crippen molar-refractivity contribution in [2.24, 2.45) is 0 Å². The van der Waals surface area contributed by atoms with E-state index in [0.29, 0.717) is 38.5 Å². The van der Waals surface area contributed by atoms with Gasteiger partial charge in [0.05, 0.1) is 13.2 Å². The molecular weight excluding hydrogens is 262 g/mol. The van der Waals surface area contributed by atoms with Crippen molar-refractivity contribution in [2.45, 2.75) is 50.6 Å². The monoisotopic (exact) mass is 281 g/mol. The third-order valence-electron chi connectivity index (χ3n) is 3.15. The SMILES string of the molecule is COC(=O)[C@@H](CCCCC#N)NC(=O)[C@H]1CCC(=O)N1. The third kappa shape index (κ3) is 4.88. The first-order valence-corrected chi connectivity index (χ1v) is 6.63. The zero-order valence-corrected chi connectivity index (χ0v) is 11.5. The molecule has 110 valence electrons. The highest BCUT2D eigenvalue weighted by Gasteiger charge is 2.30. The van der Waals surface area contributed by atoms with Crippen LogP contribution in [0.4, 0.5) is 0 Å². The number of esters is 1. The summed E-state index contributed by atoms with van der Waals surface area (Å²) >= 11 is 0. The van der Waals surface area contributed by atoms with Crippen molar-refractivity contribution in [1.29, 1.82) is 5.26 Å². The van der Waals surface area contributed by atoms with Crippen LogP contribution in [-0.2, 0) is 19.1 Å². The molecule has 7 heteroatoms.